The third-order valence-electron chi connectivity index (χ3n) is 4.12. The molecule has 1 aromatic carbocycles. The monoisotopic (exact) mass is 510 g/mol. The van der Waals surface area contributed by atoms with Crippen LogP contribution in [0.5, 0.6) is 0 Å². The quantitative estimate of drug-likeness (QED) is 0.376. The van der Waals surface area contributed by atoms with Gasteiger partial charge in [-0.15, -0.1) is 24.0 Å². The summed E-state index contributed by atoms with van der Waals surface area (Å²) in [5.41, 5.74) is 0.962. The average Bonchev–Trinajstić information content (AvgIpc) is 2.62. The van der Waals surface area contributed by atoms with Crippen molar-refractivity contribution >= 4 is 45.9 Å². The maximum atomic E-state index is 11.7. The number of ether oxygens (including phenoxy) is 1. The minimum atomic E-state index is -3.18. The highest BCUT2D eigenvalue weighted by Crippen LogP contribution is 2.10. The van der Waals surface area contributed by atoms with Gasteiger partial charge in [0.05, 0.1) is 11.5 Å². The Hall–Kier alpha value is -1.56. The van der Waals surface area contributed by atoms with Crippen molar-refractivity contribution in [2.75, 3.05) is 46.1 Å². The van der Waals surface area contributed by atoms with E-state index in [0.717, 1.165) is 11.5 Å². The van der Waals surface area contributed by atoms with E-state index in [2.05, 4.69) is 15.2 Å². The molecule has 2 rings (SSSR count). The zero-order valence-electron chi connectivity index (χ0n) is 15.8. The molecule has 1 aliphatic rings. The number of sulfone groups is 1. The minimum absolute atomic E-state index is 0. The topological polar surface area (TPSA) is 91.3 Å². The van der Waals surface area contributed by atoms with Crippen LogP contribution >= 0.6 is 24.0 Å². The second kappa shape index (κ2) is 10.7. The number of hydrogen-bond donors (Lipinski definition) is 1. The van der Waals surface area contributed by atoms with Gasteiger partial charge in [-0.3, -0.25) is 4.99 Å². The summed E-state index contributed by atoms with van der Waals surface area (Å²) in [5, 5.41) is 3.27. The fraction of sp³-hybridized carbons (Fsp3) is 0.529. The number of rotatable bonds is 4. The van der Waals surface area contributed by atoms with Gasteiger partial charge in [-0.05, 0) is 24.6 Å². The van der Waals surface area contributed by atoms with Gasteiger partial charge in [-0.1, -0.05) is 12.1 Å². The molecule has 8 nitrogen and oxygen atoms in total. The summed E-state index contributed by atoms with van der Waals surface area (Å²) in [6, 6.07) is 6.78. The molecule has 1 saturated heterocycles. The third-order valence-corrected chi connectivity index (χ3v) is 5.25. The summed E-state index contributed by atoms with van der Waals surface area (Å²) in [7, 11) is -1.47. The molecule has 1 N–H and O–H groups in total. The van der Waals surface area contributed by atoms with Crippen molar-refractivity contribution < 1.29 is 17.9 Å². The van der Waals surface area contributed by atoms with Gasteiger partial charge in [0.1, 0.15) is 0 Å². The lowest BCUT2D eigenvalue weighted by molar-refractivity contribution is 0.0914. The Kier molecular flexibility index (Phi) is 9.30. The third kappa shape index (κ3) is 6.83. The highest BCUT2D eigenvalue weighted by molar-refractivity contribution is 14.0. The molecule has 0 radical (unpaired) electrons. The highest BCUT2D eigenvalue weighted by Gasteiger charge is 2.23. The van der Waals surface area contributed by atoms with Crippen LogP contribution in [0.15, 0.2) is 34.2 Å². The molecule has 0 aromatic heterocycles. The van der Waals surface area contributed by atoms with Crippen LogP contribution in [0.1, 0.15) is 12.5 Å². The Labute approximate surface area is 177 Å². The Balaban J connectivity index is 0.00000364. The van der Waals surface area contributed by atoms with Crippen LogP contribution in [0.2, 0.25) is 0 Å². The molecular weight excluding hydrogens is 483 g/mol. The molecule has 1 aromatic rings. The van der Waals surface area contributed by atoms with E-state index in [1.54, 1.807) is 43.1 Å². The second-order valence-corrected chi connectivity index (χ2v) is 8.01. The van der Waals surface area contributed by atoms with Gasteiger partial charge < -0.3 is 19.9 Å². The Morgan fingerprint density at radius 3 is 2.19 bits per heavy atom. The summed E-state index contributed by atoms with van der Waals surface area (Å²) in [4.78, 5) is 20.1. The van der Waals surface area contributed by atoms with Crippen LogP contribution in [0.3, 0.4) is 0 Å². The van der Waals surface area contributed by atoms with E-state index in [1.807, 2.05) is 0 Å². The van der Waals surface area contributed by atoms with E-state index in [4.69, 9.17) is 4.74 Å². The molecule has 0 unspecified atom stereocenters. The van der Waals surface area contributed by atoms with Crippen LogP contribution in [0.4, 0.5) is 4.79 Å². The summed E-state index contributed by atoms with van der Waals surface area (Å²) >= 11 is 0. The van der Waals surface area contributed by atoms with Crippen molar-refractivity contribution in [1.82, 2.24) is 15.1 Å². The average molecular weight is 510 g/mol. The first-order valence-corrected chi connectivity index (χ1v) is 10.4. The number of benzene rings is 1. The number of amides is 1. The zero-order valence-corrected chi connectivity index (χ0v) is 19.0. The van der Waals surface area contributed by atoms with Crippen LogP contribution in [-0.2, 0) is 21.1 Å². The number of aliphatic imine (C=N–C) groups is 1. The first kappa shape index (κ1) is 23.5. The predicted octanol–water partition coefficient (Wildman–Crippen LogP) is 1.56. The molecule has 10 heteroatoms. The molecular formula is C17H27IN4O4S. The van der Waals surface area contributed by atoms with Crippen molar-refractivity contribution in [3.05, 3.63) is 29.8 Å². The molecule has 1 amide bonds. The van der Waals surface area contributed by atoms with Crippen molar-refractivity contribution in [2.45, 2.75) is 18.4 Å². The largest absolute Gasteiger partial charge is 0.450 e. The molecule has 1 aliphatic heterocycles. The van der Waals surface area contributed by atoms with Crippen LogP contribution < -0.4 is 5.32 Å². The summed E-state index contributed by atoms with van der Waals surface area (Å²) in [5.74, 6) is 0.751. The first-order chi connectivity index (χ1) is 12.3. The van der Waals surface area contributed by atoms with E-state index >= 15 is 0 Å². The number of nitrogens with one attached hydrogen (secondary N) is 1. The Morgan fingerprint density at radius 2 is 1.70 bits per heavy atom. The van der Waals surface area contributed by atoms with Crippen LogP contribution in [-0.4, -0.2) is 76.4 Å². The van der Waals surface area contributed by atoms with Gasteiger partial charge >= 0.3 is 6.09 Å². The summed E-state index contributed by atoms with van der Waals surface area (Å²) < 4.78 is 28.0. The zero-order chi connectivity index (χ0) is 19.2. The standard InChI is InChI=1S/C17H26N4O4S.HI/c1-4-25-17(22)21-11-9-20(10-12-21)16(18-2)19-13-14-5-7-15(8-6-14)26(3,23)24;/h5-8H,4,9-13H2,1-3H3,(H,18,19);1H. The summed E-state index contributed by atoms with van der Waals surface area (Å²) in [6.07, 6.45) is 0.916. The summed E-state index contributed by atoms with van der Waals surface area (Å²) in [6.45, 7) is 5.22. The number of nitrogens with zero attached hydrogens (tertiary/aromatic N) is 3. The van der Waals surface area contributed by atoms with Crippen molar-refractivity contribution in [3.63, 3.8) is 0 Å². The van der Waals surface area contributed by atoms with Gasteiger partial charge in [0, 0.05) is 46.0 Å². The fourth-order valence-electron chi connectivity index (χ4n) is 2.68. The number of carbonyl (C=O) groups excluding carboxylic acids is 1. The lowest BCUT2D eigenvalue weighted by Crippen LogP contribution is -2.53. The number of carbonyl (C=O) groups is 1. The maximum Gasteiger partial charge on any atom is 0.409 e. The van der Waals surface area contributed by atoms with Crippen molar-refractivity contribution in [3.8, 4) is 0 Å². The molecule has 27 heavy (non-hydrogen) atoms. The molecule has 0 atom stereocenters. The van der Waals surface area contributed by atoms with E-state index < -0.39 is 9.84 Å². The predicted molar refractivity (Wildman–Crippen MR) is 115 cm³/mol. The maximum absolute atomic E-state index is 11.7. The number of hydrogen-bond acceptors (Lipinski definition) is 5. The van der Waals surface area contributed by atoms with E-state index in [1.165, 1.54) is 6.26 Å². The Bertz CT molecular complexity index is 745. The molecule has 0 saturated carbocycles. The van der Waals surface area contributed by atoms with Gasteiger partial charge in [0.2, 0.25) is 0 Å². The van der Waals surface area contributed by atoms with E-state index in [0.29, 0.717) is 44.2 Å². The van der Waals surface area contributed by atoms with Crippen LogP contribution in [0.25, 0.3) is 0 Å². The highest BCUT2D eigenvalue weighted by atomic mass is 127. The van der Waals surface area contributed by atoms with Crippen LogP contribution in [0, 0.1) is 0 Å². The van der Waals surface area contributed by atoms with Gasteiger partial charge in [-0.2, -0.15) is 0 Å². The van der Waals surface area contributed by atoms with Gasteiger partial charge in [-0.25, -0.2) is 13.2 Å². The number of guanidine groups is 1. The number of piperazine rings is 1. The van der Waals surface area contributed by atoms with E-state index in [-0.39, 0.29) is 30.1 Å². The smallest absolute Gasteiger partial charge is 0.409 e. The lowest BCUT2D eigenvalue weighted by Gasteiger charge is -2.35. The molecule has 1 fully saturated rings. The Morgan fingerprint density at radius 1 is 1.15 bits per heavy atom. The number of halogens is 1. The van der Waals surface area contributed by atoms with Gasteiger partial charge in [0.15, 0.2) is 15.8 Å². The normalized spacial score (nSPS) is 15.1. The SMILES string of the molecule is CCOC(=O)N1CCN(C(=NC)NCc2ccc(S(C)(=O)=O)cc2)CC1.I. The second-order valence-electron chi connectivity index (χ2n) is 5.99. The molecule has 0 bridgehead atoms. The lowest BCUT2D eigenvalue weighted by atomic mass is 10.2. The fourth-order valence-corrected chi connectivity index (χ4v) is 3.31. The van der Waals surface area contributed by atoms with Crippen molar-refractivity contribution in [2.24, 2.45) is 4.99 Å². The molecule has 1 heterocycles. The van der Waals surface area contributed by atoms with Crippen molar-refractivity contribution in [1.29, 1.82) is 0 Å². The molecule has 0 spiro atoms. The first-order valence-electron chi connectivity index (χ1n) is 8.51. The minimum Gasteiger partial charge on any atom is -0.450 e. The molecule has 152 valence electrons. The molecule has 0 aliphatic carbocycles. The van der Waals surface area contributed by atoms with E-state index in [9.17, 15) is 13.2 Å². The van der Waals surface area contributed by atoms with Gasteiger partial charge in [0.25, 0.3) is 0 Å².